The van der Waals surface area contributed by atoms with Gasteiger partial charge in [-0.3, -0.25) is 4.98 Å². The van der Waals surface area contributed by atoms with Crippen LogP contribution >= 0.6 is 0 Å². The molecule has 0 spiro atoms. The van der Waals surface area contributed by atoms with Crippen molar-refractivity contribution < 1.29 is 4.79 Å². The summed E-state index contributed by atoms with van der Waals surface area (Å²) in [7, 11) is 0. The topological polar surface area (TPSA) is 30.0 Å². The van der Waals surface area contributed by atoms with Crippen LogP contribution in [0.1, 0.15) is 50.5 Å². The third-order valence-electron chi connectivity index (χ3n) is 2.71. The van der Waals surface area contributed by atoms with Crippen LogP contribution in [0, 0.1) is 0 Å². The van der Waals surface area contributed by atoms with E-state index in [-0.39, 0.29) is 0 Å². The average Bonchev–Trinajstić information content (AvgIpc) is 2.29. The van der Waals surface area contributed by atoms with Crippen molar-refractivity contribution in [1.82, 2.24) is 4.98 Å². The van der Waals surface area contributed by atoms with Crippen LogP contribution in [0.25, 0.3) is 0 Å². The summed E-state index contributed by atoms with van der Waals surface area (Å²) in [5.74, 6) is 0.386. The number of carbonyl (C=O) groups excluding carboxylic acids is 1. The van der Waals surface area contributed by atoms with Crippen molar-refractivity contribution in [1.29, 1.82) is 0 Å². The molecular formula is C13H19NO. The van der Waals surface area contributed by atoms with E-state index < -0.39 is 0 Å². The van der Waals surface area contributed by atoms with Gasteiger partial charge in [-0.2, -0.15) is 0 Å². The number of hydrogen-bond donors (Lipinski definition) is 0. The predicted molar refractivity (Wildman–Crippen MR) is 61.8 cm³/mol. The third kappa shape index (κ3) is 4.24. The summed E-state index contributed by atoms with van der Waals surface area (Å²) in [5.41, 5.74) is 1.24. The Morgan fingerprint density at radius 1 is 1.33 bits per heavy atom. The zero-order valence-corrected chi connectivity index (χ0v) is 9.36. The minimum Gasteiger partial charge on any atom is -0.303 e. The molecule has 0 bridgehead atoms. The number of hydrogen-bond acceptors (Lipinski definition) is 2. The maximum atomic E-state index is 10.6. The van der Waals surface area contributed by atoms with Gasteiger partial charge in [0.2, 0.25) is 0 Å². The molecule has 0 N–H and O–H groups in total. The Hall–Kier alpha value is -1.18. The Morgan fingerprint density at radius 3 is 2.67 bits per heavy atom. The van der Waals surface area contributed by atoms with Crippen molar-refractivity contribution in [2.24, 2.45) is 0 Å². The second-order valence-electron chi connectivity index (χ2n) is 3.88. The SMILES string of the molecule is CCCCC[C@H](CC=O)c1ccncc1. The summed E-state index contributed by atoms with van der Waals surface area (Å²) in [6.45, 7) is 2.20. The molecule has 1 heterocycles. The highest BCUT2D eigenvalue weighted by atomic mass is 16.1. The minimum atomic E-state index is 0.386. The molecule has 1 atom stereocenters. The first-order valence-electron chi connectivity index (χ1n) is 5.72. The normalized spacial score (nSPS) is 12.3. The second-order valence-corrected chi connectivity index (χ2v) is 3.88. The van der Waals surface area contributed by atoms with E-state index in [1.54, 1.807) is 12.4 Å². The van der Waals surface area contributed by atoms with Crippen LogP contribution in [-0.2, 0) is 4.79 Å². The Labute approximate surface area is 91.7 Å². The molecule has 0 aliphatic heterocycles. The van der Waals surface area contributed by atoms with Gasteiger partial charge in [0.25, 0.3) is 0 Å². The van der Waals surface area contributed by atoms with Crippen molar-refractivity contribution in [2.75, 3.05) is 0 Å². The number of aromatic nitrogens is 1. The number of rotatable bonds is 7. The standard InChI is InChI=1S/C13H19NO/c1-2-3-4-5-12(8-11-15)13-6-9-14-10-7-13/h6-7,9-12H,2-5,8H2,1H3/t12-/m1/s1. The van der Waals surface area contributed by atoms with Gasteiger partial charge in [-0.05, 0) is 30.0 Å². The lowest BCUT2D eigenvalue weighted by molar-refractivity contribution is -0.108. The summed E-state index contributed by atoms with van der Waals surface area (Å²) in [6, 6.07) is 4.03. The lowest BCUT2D eigenvalue weighted by atomic mass is 9.91. The smallest absolute Gasteiger partial charge is 0.120 e. The van der Waals surface area contributed by atoms with E-state index in [4.69, 9.17) is 0 Å². The van der Waals surface area contributed by atoms with Gasteiger partial charge in [0.1, 0.15) is 6.29 Å². The Bertz CT molecular complexity index is 271. The molecule has 0 saturated heterocycles. The van der Waals surface area contributed by atoms with E-state index in [0.717, 1.165) is 12.7 Å². The largest absolute Gasteiger partial charge is 0.303 e. The van der Waals surface area contributed by atoms with Crippen molar-refractivity contribution in [3.63, 3.8) is 0 Å². The molecule has 15 heavy (non-hydrogen) atoms. The molecule has 2 heteroatoms. The van der Waals surface area contributed by atoms with Crippen LogP contribution in [0.4, 0.5) is 0 Å². The highest BCUT2D eigenvalue weighted by Gasteiger charge is 2.09. The molecular weight excluding hydrogens is 186 g/mol. The van der Waals surface area contributed by atoms with Gasteiger partial charge in [0.05, 0.1) is 0 Å². The highest BCUT2D eigenvalue weighted by molar-refractivity contribution is 5.51. The average molecular weight is 205 g/mol. The second kappa shape index (κ2) is 7.16. The molecule has 1 aromatic heterocycles. The van der Waals surface area contributed by atoms with Crippen LogP contribution in [0.2, 0.25) is 0 Å². The first kappa shape index (κ1) is 11.9. The van der Waals surface area contributed by atoms with Crippen LogP contribution in [0.5, 0.6) is 0 Å². The van der Waals surface area contributed by atoms with Gasteiger partial charge in [0, 0.05) is 18.8 Å². The summed E-state index contributed by atoms with van der Waals surface area (Å²) >= 11 is 0. The first-order chi connectivity index (χ1) is 7.38. The molecule has 0 aliphatic rings. The maximum absolute atomic E-state index is 10.6. The fraction of sp³-hybridized carbons (Fsp3) is 0.538. The predicted octanol–water partition coefficient (Wildman–Crippen LogP) is 3.33. The van der Waals surface area contributed by atoms with Gasteiger partial charge < -0.3 is 4.79 Å². The third-order valence-corrected chi connectivity index (χ3v) is 2.71. The molecule has 1 rings (SSSR count). The van der Waals surface area contributed by atoms with Gasteiger partial charge in [-0.25, -0.2) is 0 Å². The molecule has 82 valence electrons. The van der Waals surface area contributed by atoms with E-state index in [2.05, 4.69) is 11.9 Å². The molecule has 0 amide bonds. The Kier molecular flexibility index (Phi) is 5.67. The maximum Gasteiger partial charge on any atom is 0.120 e. The fourth-order valence-electron chi connectivity index (χ4n) is 1.81. The van der Waals surface area contributed by atoms with Gasteiger partial charge in [-0.1, -0.05) is 26.2 Å². The minimum absolute atomic E-state index is 0.386. The molecule has 2 nitrogen and oxygen atoms in total. The Balaban J connectivity index is 2.53. The van der Waals surface area contributed by atoms with Gasteiger partial charge in [-0.15, -0.1) is 0 Å². The van der Waals surface area contributed by atoms with Crippen LogP contribution in [0.3, 0.4) is 0 Å². The Morgan fingerprint density at radius 2 is 2.07 bits per heavy atom. The van der Waals surface area contributed by atoms with Crippen molar-refractivity contribution >= 4 is 6.29 Å². The van der Waals surface area contributed by atoms with Crippen LogP contribution in [0.15, 0.2) is 24.5 Å². The highest BCUT2D eigenvalue weighted by Crippen LogP contribution is 2.24. The number of carbonyl (C=O) groups is 1. The van der Waals surface area contributed by atoms with Gasteiger partial charge in [0.15, 0.2) is 0 Å². The number of nitrogens with zero attached hydrogens (tertiary/aromatic N) is 1. The zero-order chi connectivity index (χ0) is 10.9. The van der Waals surface area contributed by atoms with E-state index >= 15 is 0 Å². The summed E-state index contributed by atoms with van der Waals surface area (Å²) in [6.07, 6.45) is 10.0. The summed E-state index contributed by atoms with van der Waals surface area (Å²) < 4.78 is 0. The summed E-state index contributed by atoms with van der Waals surface area (Å²) in [4.78, 5) is 14.6. The van der Waals surface area contributed by atoms with Crippen molar-refractivity contribution in [2.45, 2.75) is 44.9 Å². The first-order valence-corrected chi connectivity index (χ1v) is 5.72. The number of aldehydes is 1. The van der Waals surface area contributed by atoms with E-state index in [9.17, 15) is 4.79 Å². The zero-order valence-electron chi connectivity index (χ0n) is 9.36. The fourth-order valence-corrected chi connectivity index (χ4v) is 1.81. The molecule has 1 aromatic rings. The molecule has 0 radical (unpaired) electrons. The molecule has 0 unspecified atom stereocenters. The van der Waals surface area contributed by atoms with Crippen molar-refractivity contribution in [3.05, 3.63) is 30.1 Å². The monoisotopic (exact) mass is 205 g/mol. The van der Waals surface area contributed by atoms with E-state index in [0.29, 0.717) is 12.3 Å². The quantitative estimate of drug-likeness (QED) is 0.505. The lowest BCUT2D eigenvalue weighted by Gasteiger charge is -2.13. The van der Waals surface area contributed by atoms with E-state index in [1.165, 1.54) is 24.8 Å². The number of pyridine rings is 1. The lowest BCUT2D eigenvalue weighted by Crippen LogP contribution is -2.00. The van der Waals surface area contributed by atoms with E-state index in [1.807, 2.05) is 12.1 Å². The molecule has 0 aliphatic carbocycles. The van der Waals surface area contributed by atoms with Crippen LogP contribution < -0.4 is 0 Å². The number of unbranched alkanes of at least 4 members (excludes halogenated alkanes) is 2. The van der Waals surface area contributed by atoms with Crippen LogP contribution in [-0.4, -0.2) is 11.3 Å². The molecule has 0 saturated carbocycles. The van der Waals surface area contributed by atoms with Crippen molar-refractivity contribution in [3.8, 4) is 0 Å². The summed E-state index contributed by atoms with van der Waals surface area (Å²) in [5, 5.41) is 0. The molecule has 0 aromatic carbocycles. The van der Waals surface area contributed by atoms with Gasteiger partial charge >= 0.3 is 0 Å². The molecule has 0 fully saturated rings.